The second-order valence-corrected chi connectivity index (χ2v) is 4.88. The molecule has 0 nitrogen and oxygen atoms in total. The molecule has 0 N–H and O–H groups in total. The van der Waals surface area contributed by atoms with E-state index in [2.05, 4.69) is 26.4 Å². The van der Waals surface area contributed by atoms with Crippen LogP contribution in [0.15, 0.2) is 0 Å². The standard InChI is InChI=1S/C9H20S2/c1-5-8(2)9(6-10-3)7-11-4/h8-9H,5-7H2,1-4H3. The first-order valence-corrected chi connectivity index (χ1v) is 7.02. The Morgan fingerprint density at radius 2 is 1.55 bits per heavy atom. The lowest BCUT2D eigenvalue weighted by Gasteiger charge is -2.20. The molecule has 0 rings (SSSR count). The van der Waals surface area contributed by atoms with E-state index in [9.17, 15) is 0 Å². The highest BCUT2D eigenvalue weighted by Crippen LogP contribution is 2.22. The Kier molecular flexibility index (Phi) is 7.82. The summed E-state index contributed by atoms with van der Waals surface area (Å²) in [5.74, 6) is 4.48. The molecule has 0 amide bonds. The fraction of sp³-hybridized carbons (Fsp3) is 1.00. The zero-order valence-electron chi connectivity index (χ0n) is 8.09. The SMILES string of the molecule is CCC(C)C(CSC)CSC. The lowest BCUT2D eigenvalue weighted by atomic mass is 9.95. The molecule has 11 heavy (non-hydrogen) atoms. The molecule has 2 heteroatoms. The predicted molar refractivity (Wildman–Crippen MR) is 59.7 cm³/mol. The number of hydrogen-bond acceptors (Lipinski definition) is 2. The van der Waals surface area contributed by atoms with Crippen molar-refractivity contribution >= 4 is 23.5 Å². The van der Waals surface area contributed by atoms with Crippen molar-refractivity contribution in [2.75, 3.05) is 24.0 Å². The van der Waals surface area contributed by atoms with E-state index in [0.717, 1.165) is 11.8 Å². The molecule has 0 saturated heterocycles. The van der Waals surface area contributed by atoms with Crippen LogP contribution in [-0.4, -0.2) is 24.0 Å². The molecule has 0 fully saturated rings. The highest BCUT2D eigenvalue weighted by molar-refractivity contribution is 7.99. The zero-order chi connectivity index (χ0) is 8.69. The van der Waals surface area contributed by atoms with Gasteiger partial charge >= 0.3 is 0 Å². The first-order valence-electron chi connectivity index (χ1n) is 4.24. The Morgan fingerprint density at radius 3 is 1.82 bits per heavy atom. The van der Waals surface area contributed by atoms with Crippen LogP contribution in [0.25, 0.3) is 0 Å². The van der Waals surface area contributed by atoms with Gasteiger partial charge in [-0.15, -0.1) is 0 Å². The van der Waals surface area contributed by atoms with Gasteiger partial charge in [0.05, 0.1) is 0 Å². The third kappa shape index (κ3) is 5.02. The summed E-state index contributed by atoms with van der Waals surface area (Å²) in [6.45, 7) is 4.66. The highest BCUT2D eigenvalue weighted by atomic mass is 32.2. The normalized spacial score (nSPS) is 13.9. The number of thioether (sulfide) groups is 2. The van der Waals surface area contributed by atoms with E-state index >= 15 is 0 Å². The largest absolute Gasteiger partial charge is 0.165 e. The van der Waals surface area contributed by atoms with Gasteiger partial charge in [0.2, 0.25) is 0 Å². The fourth-order valence-corrected chi connectivity index (χ4v) is 3.04. The average molecular weight is 192 g/mol. The van der Waals surface area contributed by atoms with Crippen molar-refractivity contribution in [2.45, 2.75) is 20.3 Å². The Balaban J connectivity index is 3.66. The minimum atomic E-state index is 0.898. The lowest BCUT2D eigenvalue weighted by Crippen LogP contribution is -2.16. The Bertz CT molecular complexity index is 77.6. The second-order valence-electron chi connectivity index (χ2n) is 3.06. The summed E-state index contributed by atoms with van der Waals surface area (Å²) in [5, 5.41) is 0. The van der Waals surface area contributed by atoms with E-state index in [4.69, 9.17) is 0 Å². The summed E-state index contributed by atoms with van der Waals surface area (Å²) in [4.78, 5) is 0. The smallest absolute Gasteiger partial charge is 0.00315 e. The molecule has 0 aliphatic heterocycles. The molecule has 0 spiro atoms. The van der Waals surface area contributed by atoms with Crippen LogP contribution in [0.2, 0.25) is 0 Å². The van der Waals surface area contributed by atoms with Crippen LogP contribution < -0.4 is 0 Å². The van der Waals surface area contributed by atoms with E-state index < -0.39 is 0 Å². The molecule has 0 aliphatic carbocycles. The Hall–Kier alpha value is 0.700. The molecule has 0 aromatic carbocycles. The van der Waals surface area contributed by atoms with Gasteiger partial charge in [-0.05, 0) is 35.9 Å². The van der Waals surface area contributed by atoms with Crippen molar-refractivity contribution in [3.63, 3.8) is 0 Å². The summed E-state index contributed by atoms with van der Waals surface area (Å²) in [7, 11) is 0. The van der Waals surface area contributed by atoms with Gasteiger partial charge in [-0.3, -0.25) is 0 Å². The van der Waals surface area contributed by atoms with Gasteiger partial charge in [-0.25, -0.2) is 0 Å². The van der Waals surface area contributed by atoms with Gasteiger partial charge in [0.25, 0.3) is 0 Å². The minimum Gasteiger partial charge on any atom is -0.165 e. The van der Waals surface area contributed by atoms with E-state index in [1.807, 2.05) is 23.5 Å². The predicted octanol–water partition coefficient (Wildman–Crippen LogP) is 3.37. The molecule has 0 saturated carbocycles. The van der Waals surface area contributed by atoms with Crippen LogP contribution in [-0.2, 0) is 0 Å². The average Bonchev–Trinajstić information content (AvgIpc) is 2.03. The highest BCUT2D eigenvalue weighted by Gasteiger charge is 2.13. The molecule has 1 unspecified atom stereocenters. The topological polar surface area (TPSA) is 0 Å². The van der Waals surface area contributed by atoms with Gasteiger partial charge < -0.3 is 0 Å². The van der Waals surface area contributed by atoms with Gasteiger partial charge in [-0.2, -0.15) is 23.5 Å². The molecule has 0 aromatic rings. The molecule has 0 aliphatic rings. The number of rotatable bonds is 6. The van der Waals surface area contributed by atoms with Gasteiger partial charge in [0, 0.05) is 0 Å². The third-order valence-electron chi connectivity index (χ3n) is 2.21. The molecule has 0 heterocycles. The molecular formula is C9H20S2. The van der Waals surface area contributed by atoms with Crippen molar-refractivity contribution in [1.82, 2.24) is 0 Å². The first-order chi connectivity index (χ1) is 5.26. The van der Waals surface area contributed by atoms with Crippen LogP contribution in [0, 0.1) is 11.8 Å². The lowest BCUT2D eigenvalue weighted by molar-refractivity contribution is 0.420. The Morgan fingerprint density at radius 1 is 1.09 bits per heavy atom. The van der Waals surface area contributed by atoms with E-state index in [1.54, 1.807) is 0 Å². The summed E-state index contributed by atoms with van der Waals surface area (Å²) in [6.07, 6.45) is 5.73. The second kappa shape index (κ2) is 7.35. The van der Waals surface area contributed by atoms with Crippen molar-refractivity contribution in [1.29, 1.82) is 0 Å². The maximum Gasteiger partial charge on any atom is -0.00315 e. The summed E-state index contributed by atoms with van der Waals surface area (Å²) >= 11 is 3.96. The monoisotopic (exact) mass is 192 g/mol. The van der Waals surface area contributed by atoms with Crippen LogP contribution >= 0.6 is 23.5 Å². The van der Waals surface area contributed by atoms with E-state index in [1.165, 1.54) is 17.9 Å². The molecule has 0 aromatic heterocycles. The molecular weight excluding hydrogens is 172 g/mol. The van der Waals surface area contributed by atoms with Crippen LogP contribution in [0.5, 0.6) is 0 Å². The zero-order valence-corrected chi connectivity index (χ0v) is 9.73. The van der Waals surface area contributed by atoms with E-state index in [-0.39, 0.29) is 0 Å². The van der Waals surface area contributed by atoms with Gasteiger partial charge in [0.15, 0.2) is 0 Å². The summed E-state index contributed by atoms with van der Waals surface area (Å²) in [5.41, 5.74) is 0. The molecule has 68 valence electrons. The first kappa shape index (κ1) is 11.7. The quantitative estimate of drug-likeness (QED) is 0.633. The minimum absolute atomic E-state index is 0.898. The van der Waals surface area contributed by atoms with Crippen molar-refractivity contribution in [2.24, 2.45) is 11.8 Å². The van der Waals surface area contributed by atoms with Gasteiger partial charge in [0.1, 0.15) is 0 Å². The molecule has 1 atom stereocenters. The molecule has 0 bridgehead atoms. The maximum absolute atomic E-state index is 2.37. The number of hydrogen-bond donors (Lipinski definition) is 0. The van der Waals surface area contributed by atoms with Crippen molar-refractivity contribution in [3.05, 3.63) is 0 Å². The van der Waals surface area contributed by atoms with Crippen molar-refractivity contribution < 1.29 is 0 Å². The third-order valence-corrected chi connectivity index (χ3v) is 3.73. The fourth-order valence-electron chi connectivity index (χ4n) is 1.14. The summed E-state index contributed by atoms with van der Waals surface area (Å²) < 4.78 is 0. The maximum atomic E-state index is 2.37. The van der Waals surface area contributed by atoms with Crippen LogP contribution in [0.4, 0.5) is 0 Å². The summed E-state index contributed by atoms with van der Waals surface area (Å²) in [6, 6.07) is 0. The van der Waals surface area contributed by atoms with Gasteiger partial charge in [-0.1, -0.05) is 20.3 Å². The molecule has 0 radical (unpaired) electrons. The van der Waals surface area contributed by atoms with Crippen LogP contribution in [0.1, 0.15) is 20.3 Å². The van der Waals surface area contributed by atoms with Crippen molar-refractivity contribution in [3.8, 4) is 0 Å². The van der Waals surface area contributed by atoms with Crippen LogP contribution in [0.3, 0.4) is 0 Å². The van der Waals surface area contributed by atoms with E-state index in [0.29, 0.717) is 0 Å². The Labute approximate surface area is 79.9 Å².